The number of thiophene rings is 1. The minimum absolute atomic E-state index is 0.133. The highest BCUT2D eigenvalue weighted by Crippen LogP contribution is 2.27. The normalized spacial score (nSPS) is 12.5. The summed E-state index contributed by atoms with van der Waals surface area (Å²) in [5, 5.41) is 3.31. The standard InChI is InChI=1S/C20H18BrClN2O3S2/c1-13-15(22)8-5-9-16(13)23-20(25)17(12-14-6-3-2-4-7-14)24-29(26,27)19-11-10-18(21)28-19/h2-11,17,24H,12H2,1H3,(H,23,25)/t17-/m1/s1. The topological polar surface area (TPSA) is 75.3 Å². The van der Waals surface area contributed by atoms with E-state index < -0.39 is 22.0 Å². The van der Waals surface area contributed by atoms with Gasteiger partial charge in [-0.3, -0.25) is 4.79 Å². The molecule has 0 bridgehead atoms. The summed E-state index contributed by atoms with van der Waals surface area (Å²) in [5.74, 6) is -0.460. The molecule has 3 rings (SSSR count). The van der Waals surface area contributed by atoms with Crippen molar-refractivity contribution in [1.29, 1.82) is 0 Å². The van der Waals surface area contributed by atoms with Gasteiger partial charge < -0.3 is 5.32 Å². The Balaban J connectivity index is 1.88. The number of carbonyl (C=O) groups excluding carboxylic acids is 1. The highest BCUT2D eigenvalue weighted by molar-refractivity contribution is 9.11. The van der Waals surface area contributed by atoms with Crippen LogP contribution in [0.1, 0.15) is 11.1 Å². The summed E-state index contributed by atoms with van der Waals surface area (Å²) in [7, 11) is -3.86. The van der Waals surface area contributed by atoms with Gasteiger partial charge in [0.2, 0.25) is 5.91 Å². The summed E-state index contributed by atoms with van der Waals surface area (Å²) in [6, 6.07) is 16.6. The second-order valence-electron chi connectivity index (χ2n) is 6.32. The Hall–Kier alpha value is -1.71. The minimum Gasteiger partial charge on any atom is -0.324 e. The van der Waals surface area contributed by atoms with Crippen molar-refractivity contribution in [3.05, 3.63) is 80.6 Å². The number of sulfonamides is 1. The lowest BCUT2D eigenvalue weighted by molar-refractivity contribution is -0.117. The van der Waals surface area contributed by atoms with E-state index in [0.29, 0.717) is 20.1 Å². The molecular weight excluding hydrogens is 496 g/mol. The lowest BCUT2D eigenvalue weighted by Crippen LogP contribution is -2.45. The fourth-order valence-electron chi connectivity index (χ4n) is 2.69. The summed E-state index contributed by atoms with van der Waals surface area (Å²) in [6.07, 6.45) is 0.206. The van der Waals surface area contributed by atoms with Crippen LogP contribution in [0, 0.1) is 6.92 Å². The molecule has 3 aromatic rings. The summed E-state index contributed by atoms with van der Waals surface area (Å²) in [4.78, 5) is 13.0. The van der Waals surface area contributed by atoms with E-state index in [0.717, 1.165) is 16.9 Å². The average molecular weight is 514 g/mol. The zero-order chi connectivity index (χ0) is 21.0. The number of nitrogens with one attached hydrogen (secondary N) is 2. The molecule has 0 saturated heterocycles. The fourth-order valence-corrected chi connectivity index (χ4v) is 6.08. The van der Waals surface area contributed by atoms with Crippen LogP contribution in [0.15, 0.2) is 68.7 Å². The molecule has 1 atom stereocenters. The summed E-state index contributed by atoms with van der Waals surface area (Å²) in [6.45, 7) is 1.79. The minimum atomic E-state index is -3.86. The Labute approximate surface area is 187 Å². The van der Waals surface area contributed by atoms with Gasteiger partial charge in [-0.25, -0.2) is 8.42 Å². The van der Waals surface area contributed by atoms with Crippen LogP contribution in [-0.2, 0) is 21.2 Å². The van der Waals surface area contributed by atoms with Gasteiger partial charge in [-0.05, 0) is 64.7 Å². The van der Waals surface area contributed by atoms with Crippen molar-refractivity contribution in [3.8, 4) is 0 Å². The van der Waals surface area contributed by atoms with Gasteiger partial charge in [0.25, 0.3) is 10.0 Å². The van der Waals surface area contributed by atoms with Crippen LogP contribution in [0.4, 0.5) is 5.69 Å². The molecule has 0 spiro atoms. The van der Waals surface area contributed by atoms with Crippen LogP contribution >= 0.6 is 38.9 Å². The van der Waals surface area contributed by atoms with Crippen LogP contribution in [0.2, 0.25) is 5.02 Å². The Bertz CT molecular complexity index is 1120. The maximum atomic E-state index is 13.0. The van der Waals surface area contributed by atoms with E-state index in [-0.39, 0.29) is 10.6 Å². The summed E-state index contributed by atoms with van der Waals surface area (Å²) in [5.41, 5.74) is 2.09. The van der Waals surface area contributed by atoms with Crippen molar-refractivity contribution < 1.29 is 13.2 Å². The van der Waals surface area contributed by atoms with Crippen LogP contribution < -0.4 is 10.0 Å². The fraction of sp³-hybridized carbons (Fsp3) is 0.150. The first-order valence-corrected chi connectivity index (χ1v) is 12.1. The first kappa shape index (κ1) is 22.0. The molecule has 1 heterocycles. The Morgan fingerprint density at radius 1 is 1.10 bits per heavy atom. The van der Waals surface area contributed by atoms with Crippen molar-refractivity contribution in [2.75, 3.05) is 5.32 Å². The van der Waals surface area contributed by atoms with Crippen molar-refractivity contribution in [1.82, 2.24) is 4.72 Å². The highest BCUT2D eigenvalue weighted by atomic mass is 79.9. The van der Waals surface area contributed by atoms with Gasteiger partial charge in [-0.1, -0.05) is 48.0 Å². The van der Waals surface area contributed by atoms with Gasteiger partial charge >= 0.3 is 0 Å². The number of hydrogen-bond donors (Lipinski definition) is 2. The van der Waals surface area contributed by atoms with E-state index in [1.807, 2.05) is 30.3 Å². The van der Waals surface area contributed by atoms with Crippen molar-refractivity contribution in [2.24, 2.45) is 0 Å². The Kier molecular flexibility index (Phi) is 7.13. The number of hydrogen-bond acceptors (Lipinski definition) is 4. The van der Waals surface area contributed by atoms with Gasteiger partial charge in [0.1, 0.15) is 10.3 Å². The van der Waals surface area contributed by atoms with Crippen LogP contribution in [0.25, 0.3) is 0 Å². The zero-order valence-electron chi connectivity index (χ0n) is 15.4. The molecule has 2 N–H and O–H groups in total. The molecule has 29 heavy (non-hydrogen) atoms. The molecule has 1 aromatic heterocycles. The zero-order valence-corrected chi connectivity index (χ0v) is 19.3. The lowest BCUT2D eigenvalue weighted by atomic mass is 10.1. The molecule has 2 aromatic carbocycles. The number of halogens is 2. The van der Waals surface area contributed by atoms with Crippen molar-refractivity contribution in [2.45, 2.75) is 23.6 Å². The molecule has 0 fully saturated rings. The summed E-state index contributed by atoms with van der Waals surface area (Å²) >= 11 is 10.5. The molecule has 0 radical (unpaired) electrons. The Morgan fingerprint density at radius 3 is 2.48 bits per heavy atom. The largest absolute Gasteiger partial charge is 0.324 e. The van der Waals surface area contributed by atoms with Crippen LogP contribution in [-0.4, -0.2) is 20.4 Å². The predicted octanol–water partition coefficient (Wildman–Crippen LogP) is 5.00. The van der Waals surface area contributed by atoms with E-state index in [2.05, 4.69) is 26.0 Å². The maximum Gasteiger partial charge on any atom is 0.250 e. The number of rotatable bonds is 7. The number of carbonyl (C=O) groups is 1. The lowest BCUT2D eigenvalue weighted by Gasteiger charge is -2.19. The first-order chi connectivity index (χ1) is 13.8. The van der Waals surface area contributed by atoms with Crippen LogP contribution in [0.5, 0.6) is 0 Å². The highest BCUT2D eigenvalue weighted by Gasteiger charge is 2.27. The van der Waals surface area contributed by atoms with E-state index in [9.17, 15) is 13.2 Å². The van der Waals surface area contributed by atoms with Crippen LogP contribution in [0.3, 0.4) is 0 Å². The summed E-state index contributed by atoms with van der Waals surface area (Å²) < 4.78 is 29.0. The third-order valence-corrected chi connectivity index (χ3v) is 8.23. The van der Waals surface area contributed by atoms with E-state index in [4.69, 9.17) is 11.6 Å². The Morgan fingerprint density at radius 2 is 1.83 bits per heavy atom. The molecule has 0 unspecified atom stereocenters. The molecule has 0 aliphatic rings. The molecule has 0 saturated carbocycles. The quantitative estimate of drug-likeness (QED) is 0.467. The van der Waals surface area contributed by atoms with Gasteiger partial charge in [0, 0.05) is 10.7 Å². The molecular formula is C20H18BrClN2O3S2. The van der Waals surface area contributed by atoms with E-state index in [1.165, 1.54) is 6.07 Å². The van der Waals surface area contributed by atoms with E-state index in [1.54, 1.807) is 31.2 Å². The van der Waals surface area contributed by atoms with Gasteiger partial charge in [0.05, 0.1) is 3.79 Å². The molecule has 0 aliphatic carbocycles. The average Bonchev–Trinajstić information content (AvgIpc) is 3.13. The monoisotopic (exact) mass is 512 g/mol. The molecule has 152 valence electrons. The van der Waals surface area contributed by atoms with Crippen molar-refractivity contribution in [3.63, 3.8) is 0 Å². The first-order valence-electron chi connectivity index (χ1n) is 8.64. The predicted molar refractivity (Wildman–Crippen MR) is 121 cm³/mol. The molecule has 9 heteroatoms. The maximum absolute atomic E-state index is 13.0. The molecule has 1 amide bonds. The number of anilines is 1. The number of benzene rings is 2. The van der Waals surface area contributed by atoms with E-state index >= 15 is 0 Å². The van der Waals surface area contributed by atoms with Gasteiger partial charge in [-0.15, -0.1) is 11.3 Å². The van der Waals surface area contributed by atoms with Gasteiger partial charge in [-0.2, -0.15) is 4.72 Å². The third-order valence-electron chi connectivity index (χ3n) is 4.24. The number of amides is 1. The second-order valence-corrected chi connectivity index (χ2v) is 11.1. The SMILES string of the molecule is Cc1c(Cl)cccc1NC(=O)[C@@H](Cc1ccccc1)NS(=O)(=O)c1ccc(Br)s1. The van der Waals surface area contributed by atoms with Crippen molar-refractivity contribution >= 4 is 60.5 Å². The van der Waals surface area contributed by atoms with Gasteiger partial charge in [0.15, 0.2) is 0 Å². The second kappa shape index (κ2) is 9.40. The third kappa shape index (κ3) is 5.67. The molecule has 0 aliphatic heterocycles. The smallest absolute Gasteiger partial charge is 0.250 e. The molecule has 5 nitrogen and oxygen atoms in total.